The number of furan rings is 1. The van der Waals surface area contributed by atoms with Gasteiger partial charge in [0.25, 0.3) is 5.91 Å². The summed E-state index contributed by atoms with van der Waals surface area (Å²) in [7, 11) is 0. The molecule has 0 spiro atoms. The van der Waals surface area contributed by atoms with Gasteiger partial charge in [-0.05, 0) is 44.5 Å². The molecule has 1 saturated heterocycles. The molecule has 1 fully saturated rings. The van der Waals surface area contributed by atoms with Crippen LogP contribution in [-0.4, -0.2) is 66.7 Å². The van der Waals surface area contributed by atoms with Gasteiger partial charge < -0.3 is 23.7 Å². The third kappa shape index (κ3) is 3.54. The predicted octanol–water partition coefficient (Wildman–Crippen LogP) is 2.99. The number of carbonyl (C=O) groups excluding carboxylic acids is 2. The minimum atomic E-state index is -0.473. The number of rotatable bonds is 3. The second kappa shape index (κ2) is 7.70. The topological polar surface area (TPSA) is 75.5 Å². The van der Waals surface area contributed by atoms with E-state index in [-0.39, 0.29) is 25.2 Å². The van der Waals surface area contributed by atoms with Crippen LogP contribution in [0.25, 0.3) is 5.57 Å². The fraction of sp³-hybridized carbons (Fsp3) is 0.417. The Balaban J connectivity index is 1.31. The highest BCUT2D eigenvalue weighted by Gasteiger charge is 2.38. The van der Waals surface area contributed by atoms with Crippen molar-refractivity contribution < 1.29 is 23.5 Å². The number of carbonyl (C=O) groups is 2. The van der Waals surface area contributed by atoms with Crippen LogP contribution in [0.15, 0.2) is 41.0 Å². The normalized spacial score (nSPS) is 19.5. The number of fused-ring (bicyclic) bond motifs is 2. The number of ether oxygens (including phenoxy) is 2. The molecule has 4 heterocycles. The van der Waals surface area contributed by atoms with Gasteiger partial charge in [0.05, 0.1) is 24.0 Å². The molecule has 0 N–H and O–H groups in total. The van der Waals surface area contributed by atoms with Crippen molar-refractivity contribution in [1.82, 2.24) is 9.80 Å². The first kappa shape index (κ1) is 20.6. The first-order valence-corrected chi connectivity index (χ1v) is 10.9. The van der Waals surface area contributed by atoms with E-state index >= 15 is 0 Å². The van der Waals surface area contributed by atoms with Crippen LogP contribution in [0.2, 0.25) is 0 Å². The second-order valence-corrected chi connectivity index (χ2v) is 8.98. The molecule has 2 amide bonds. The van der Waals surface area contributed by atoms with Gasteiger partial charge >= 0.3 is 0 Å². The van der Waals surface area contributed by atoms with E-state index in [1.807, 2.05) is 30.9 Å². The summed E-state index contributed by atoms with van der Waals surface area (Å²) in [6, 6.07) is 7.25. The minimum Gasteiger partial charge on any atom is -0.459 e. The molecule has 1 aromatic carbocycles. The molecule has 1 aromatic heterocycles. The van der Waals surface area contributed by atoms with Gasteiger partial charge in [0, 0.05) is 37.8 Å². The molecule has 2 aromatic rings. The van der Waals surface area contributed by atoms with Gasteiger partial charge in [0.2, 0.25) is 12.7 Å². The van der Waals surface area contributed by atoms with Crippen molar-refractivity contribution in [2.45, 2.75) is 26.3 Å². The first-order valence-electron chi connectivity index (χ1n) is 10.9. The number of hydrogen-bond acceptors (Lipinski definition) is 6. The smallest absolute Gasteiger partial charge is 0.289 e. The highest BCUT2D eigenvalue weighted by atomic mass is 16.7. The van der Waals surface area contributed by atoms with Gasteiger partial charge in [-0.25, -0.2) is 0 Å². The van der Waals surface area contributed by atoms with Gasteiger partial charge in [-0.15, -0.1) is 0 Å². The van der Waals surface area contributed by atoms with Gasteiger partial charge in [-0.3, -0.25) is 14.5 Å². The number of hydrogen-bond donors (Lipinski definition) is 0. The number of piperazine rings is 1. The Bertz CT molecular complexity index is 1080. The third-order valence-corrected chi connectivity index (χ3v) is 6.30. The average Bonchev–Trinajstić information content (AvgIpc) is 3.44. The van der Waals surface area contributed by atoms with Crippen molar-refractivity contribution in [1.29, 1.82) is 0 Å². The van der Waals surface area contributed by atoms with Crippen molar-refractivity contribution in [2.75, 3.05) is 44.4 Å². The van der Waals surface area contributed by atoms with E-state index in [0.29, 0.717) is 43.4 Å². The zero-order valence-corrected chi connectivity index (χ0v) is 18.6. The van der Waals surface area contributed by atoms with E-state index in [2.05, 4.69) is 17.9 Å². The lowest BCUT2D eigenvalue weighted by molar-refractivity contribution is -0.120. The minimum absolute atomic E-state index is 0.0182. The summed E-state index contributed by atoms with van der Waals surface area (Å²) < 4.78 is 16.3. The lowest BCUT2D eigenvalue weighted by Gasteiger charge is -2.43. The van der Waals surface area contributed by atoms with Gasteiger partial charge in [0.15, 0.2) is 17.3 Å². The Kier molecular flexibility index (Phi) is 4.97. The molecule has 0 saturated carbocycles. The van der Waals surface area contributed by atoms with Gasteiger partial charge in [-0.2, -0.15) is 0 Å². The average molecular weight is 437 g/mol. The number of allylic oxidation sites excluding steroid dienone is 1. The number of anilines is 1. The van der Waals surface area contributed by atoms with E-state index in [1.165, 1.54) is 6.26 Å². The molecule has 0 radical (unpaired) electrons. The van der Waals surface area contributed by atoms with E-state index in [0.717, 1.165) is 16.8 Å². The second-order valence-electron chi connectivity index (χ2n) is 8.98. The molecule has 32 heavy (non-hydrogen) atoms. The highest BCUT2D eigenvalue weighted by molar-refractivity contribution is 6.02. The fourth-order valence-electron chi connectivity index (χ4n) is 4.80. The van der Waals surface area contributed by atoms with Crippen LogP contribution in [0.1, 0.15) is 36.9 Å². The monoisotopic (exact) mass is 437 g/mol. The van der Waals surface area contributed by atoms with Crippen LogP contribution >= 0.6 is 0 Å². The zero-order valence-electron chi connectivity index (χ0n) is 18.6. The van der Waals surface area contributed by atoms with E-state index in [9.17, 15) is 9.59 Å². The standard InChI is InChI=1S/C24H27N3O5/c1-16-13-24(2,3)27(18-12-21-20(11-17(16)18)31-15-32-21)22(28)14-25-6-8-26(9-7-25)23(29)19-5-4-10-30-19/h4-5,10-13H,6-9,14-15H2,1-3H3. The van der Waals surface area contributed by atoms with Crippen LogP contribution < -0.4 is 14.4 Å². The van der Waals surface area contributed by atoms with Crippen molar-refractivity contribution in [3.05, 3.63) is 47.9 Å². The van der Waals surface area contributed by atoms with Gasteiger partial charge in [0.1, 0.15) is 0 Å². The van der Waals surface area contributed by atoms with Crippen molar-refractivity contribution in [2.24, 2.45) is 0 Å². The first-order chi connectivity index (χ1) is 15.3. The summed E-state index contributed by atoms with van der Waals surface area (Å²) >= 11 is 0. The van der Waals surface area contributed by atoms with Crippen LogP contribution in [0, 0.1) is 0 Å². The summed E-state index contributed by atoms with van der Waals surface area (Å²) in [6.07, 6.45) is 3.62. The molecule has 168 valence electrons. The lowest BCUT2D eigenvalue weighted by Crippen LogP contribution is -2.55. The van der Waals surface area contributed by atoms with Crippen LogP contribution in [0.4, 0.5) is 5.69 Å². The van der Waals surface area contributed by atoms with E-state index in [1.54, 1.807) is 17.0 Å². The van der Waals surface area contributed by atoms with Crippen LogP contribution in [0.5, 0.6) is 11.5 Å². The van der Waals surface area contributed by atoms with Crippen molar-refractivity contribution >= 4 is 23.1 Å². The Morgan fingerprint density at radius 1 is 1.06 bits per heavy atom. The summed E-state index contributed by atoms with van der Waals surface area (Å²) in [4.78, 5) is 31.8. The molecule has 3 aliphatic rings. The lowest BCUT2D eigenvalue weighted by atomic mass is 9.88. The molecule has 5 rings (SSSR count). The molecular weight excluding hydrogens is 410 g/mol. The zero-order chi connectivity index (χ0) is 22.5. The van der Waals surface area contributed by atoms with Crippen molar-refractivity contribution in [3.63, 3.8) is 0 Å². The van der Waals surface area contributed by atoms with E-state index < -0.39 is 5.54 Å². The fourth-order valence-corrected chi connectivity index (χ4v) is 4.80. The number of benzene rings is 1. The molecule has 8 nitrogen and oxygen atoms in total. The molecule has 0 unspecified atom stereocenters. The molecule has 8 heteroatoms. The number of amides is 2. The highest BCUT2D eigenvalue weighted by Crippen LogP contribution is 2.46. The number of nitrogens with zero attached hydrogens (tertiary/aromatic N) is 3. The molecule has 3 aliphatic heterocycles. The SMILES string of the molecule is CC1=CC(C)(C)N(C(=O)CN2CCN(C(=O)c3ccco3)CC2)c2cc3c(cc21)OCO3. The molecule has 0 bridgehead atoms. The van der Waals surface area contributed by atoms with E-state index in [4.69, 9.17) is 13.9 Å². The summed E-state index contributed by atoms with van der Waals surface area (Å²) in [5, 5.41) is 0. The van der Waals surface area contributed by atoms with Crippen molar-refractivity contribution in [3.8, 4) is 11.5 Å². The summed E-state index contributed by atoms with van der Waals surface area (Å²) in [6.45, 7) is 9.01. The summed E-state index contributed by atoms with van der Waals surface area (Å²) in [5.41, 5.74) is 2.46. The quantitative estimate of drug-likeness (QED) is 0.735. The predicted molar refractivity (Wildman–Crippen MR) is 119 cm³/mol. The van der Waals surface area contributed by atoms with Crippen LogP contribution in [0.3, 0.4) is 0 Å². The van der Waals surface area contributed by atoms with Gasteiger partial charge in [-0.1, -0.05) is 6.08 Å². The Morgan fingerprint density at radius 3 is 2.47 bits per heavy atom. The maximum absolute atomic E-state index is 13.5. The molecule has 0 atom stereocenters. The summed E-state index contributed by atoms with van der Waals surface area (Å²) in [5.74, 6) is 1.63. The Hall–Kier alpha value is -3.26. The maximum atomic E-state index is 13.5. The van der Waals surface area contributed by atoms with Crippen LogP contribution in [-0.2, 0) is 4.79 Å². The Labute approximate surface area is 187 Å². The Morgan fingerprint density at radius 2 is 1.78 bits per heavy atom. The largest absolute Gasteiger partial charge is 0.459 e. The molecular formula is C24H27N3O5. The maximum Gasteiger partial charge on any atom is 0.289 e. The third-order valence-electron chi connectivity index (χ3n) is 6.30. The molecule has 0 aliphatic carbocycles.